The summed E-state index contributed by atoms with van der Waals surface area (Å²) in [4.78, 5) is 10.8. The Kier molecular flexibility index (Phi) is 5.27. The fourth-order valence-corrected chi connectivity index (χ4v) is 2.45. The van der Waals surface area contributed by atoms with Crippen LogP contribution in [-0.2, 0) is 6.61 Å². The standard InChI is InChI=1S/C18H20N2O3Si/c1-24(2,3)10-9-15-11-18(17(20(21)22)12-16(15)19)23-13-14-7-5-4-6-8-14/h4-8,11-12H,13,19H2,1-3H3. The molecular weight excluding hydrogens is 320 g/mol. The van der Waals surface area contributed by atoms with Crippen LogP contribution in [0, 0.1) is 21.6 Å². The first-order chi connectivity index (χ1) is 11.3. The van der Waals surface area contributed by atoms with Crippen LogP contribution in [0.5, 0.6) is 5.75 Å². The number of anilines is 1. The van der Waals surface area contributed by atoms with Crippen LogP contribution in [0.3, 0.4) is 0 Å². The van der Waals surface area contributed by atoms with E-state index in [0.29, 0.717) is 11.3 Å². The summed E-state index contributed by atoms with van der Waals surface area (Å²) in [6.45, 7) is 6.60. The van der Waals surface area contributed by atoms with Gasteiger partial charge in [0.05, 0.1) is 16.2 Å². The third kappa shape index (κ3) is 4.86. The van der Waals surface area contributed by atoms with Crippen LogP contribution in [0.15, 0.2) is 42.5 Å². The Morgan fingerprint density at radius 2 is 1.88 bits per heavy atom. The molecule has 2 rings (SSSR count). The van der Waals surface area contributed by atoms with Crippen LogP contribution in [0.2, 0.25) is 19.6 Å². The lowest BCUT2D eigenvalue weighted by Gasteiger charge is -2.09. The molecule has 0 unspecified atom stereocenters. The smallest absolute Gasteiger partial charge is 0.313 e. The molecule has 0 aromatic heterocycles. The van der Waals surface area contributed by atoms with E-state index in [4.69, 9.17) is 10.5 Å². The third-order valence-corrected chi connectivity index (χ3v) is 4.01. The molecule has 0 aliphatic carbocycles. The Hall–Kier alpha value is -2.78. The maximum absolute atomic E-state index is 11.3. The van der Waals surface area contributed by atoms with Gasteiger partial charge in [0.2, 0.25) is 0 Å². The van der Waals surface area contributed by atoms with Gasteiger partial charge < -0.3 is 10.5 Å². The summed E-state index contributed by atoms with van der Waals surface area (Å²) in [6.07, 6.45) is 0. The van der Waals surface area contributed by atoms with Crippen LogP contribution < -0.4 is 10.5 Å². The third-order valence-electron chi connectivity index (χ3n) is 3.14. The molecule has 0 saturated carbocycles. The van der Waals surface area contributed by atoms with Gasteiger partial charge in [-0.15, -0.1) is 5.54 Å². The lowest BCUT2D eigenvalue weighted by Crippen LogP contribution is -2.16. The zero-order valence-corrected chi connectivity index (χ0v) is 15.0. The minimum absolute atomic E-state index is 0.151. The lowest BCUT2D eigenvalue weighted by atomic mass is 10.1. The van der Waals surface area contributed by atoms with Crippen LogP contribution in [-0.4, -0.2) is 13.0 Å². The van der Waals surface area contributed by atoms with Gasteiger partial charge in [-0.05, 0) is 5.56 Å². The number of nitrogens with two attached hydrogens (primary N) is 1. The lowest BCUT2D eigenvalue weighted by molar-refractivity contribution is -0.385. The van der Waals surface area contributed by atoms with Gasteiger partial charge in [0.25, 0.3) is 0 Å². The highest BCUT2D eigenvalue weighted by molar-refractivity contribution is 6.83. The quantitative estimate of drug-likeness (QED) is 0.300. The largest absolute Gasteiger partial charge is 0.482 e. The maximum atomic E-state index is 11.3. The highest BCUT2D eigenvalue weighted by Gasteiger charge is 2.18. The van der Waals surface area contributed by atoms with Crippen LogP contribution in [0.4, 0.5) is 11.4 Å². The van der Waals surface area contributed by atoms with E-state index >= 15 is 0 Å². The van der Waals surface area contributed by atoms with Crippen LogP contribution in [0.1, 0.15) is 11.1 Å². The number of ether oxygens (including phenoxy) is 1. The summed E-state index contributed by atoms with van der Waals surface area (Å²) in [7, 11) is -1.58. The number of hydrogen-bond donors (Lipinski definition) is 1. The maximum Gasteiger partial charge on any atom is 0.313 e. The molecule has 0 fully saturated rings. The molecular formula is C18H20N2O3Si. The van der Waals surface area contributed by atoms with E-state index in [2.05, 4.69) is 31.1 Å². The Labute approximate surface area is 142 Å². The number of hydrogen-bond acceptors (Lipinski definition) is 4. The summed E-state index contributed by atoms with van der Waals surface area (Å²) in [5.74, 6) is 3.22. The second-order valence-corrected chi connectivity index (χ2v) is 11.2. The number of rotatable bonds is 4. The van der Waals surface area contributed by atoms with Crippen molar-refractivity contribution in [2.45, 2.75) is 26.2 Å². The SMILES string of the molecule is C[Si](C)(C)C#Cc1cc(OCc2ccccc2)c([N+](=O)[O-])cc1N. The molecule has 0 aliphatic rings. The average molecular weight is 340 g/mol. The van der Waals surface area contributed by atoms with Crippen molar-refractivity contribution >= 4 is 19.4 Å². The van der Waals surface area contributed by atoms with Crippen molar-refractivity contribution in [1.29, 1.82) is 0 Å². The van der Waals surface area contributed by atoms with Gasteiger partial charge in [0, 0.05) is 12.1 Å². The highest BCUT2D eigenvalue weighted by Crippen LogP contribution is 2.32. The van der Waals surface area contributed by atoms with Gasteiger partial charge in [-0.1, -0.05) is 55.9 Å². The first-order valence-corrected chi connectivity index (χ1v) is 11.0. The monoisotopic (exact) mass is 340 g/mol. The van der Waals surface area contributed by atoms with Gasteiger partial charge in [0.1, 0.15) is 14.7 Å². The van der Waals surface area contributed by atoms with Crippen molar-refractivity contribution < 1.29 is 9.66 Å². The normalized spacial score (nSPS) is 10.6. The molecule has 6 heteroatoms. The van der Waals surface area contributed by atoms with Crippen molar-refractivity contribution in [3.05, 3.63) is 63.7 Å². The average Bonchev–Trinajstić information content (AvgIpc) is 2.52. The molecule has 2 aromatic rings. The van der Waals surface area contributed by atoms with E-state index in [9.17, 15) is 10.1 Å². The minimum atomic E-state index is -1.58. The molecule has 0 heterocycles. The van der Waals surface area contributed by atoms with E-state index in [1.54, 1.807) is 6.07 Å². The molecule has 0 radical (unpaired) electrons. The number of benzene rings is 2. The van der Waals surface area contributed by atoms with E-state index in [-0.39, 0.29) is 18.0 Å². The van der Waals surface area contributed by atoms with Crippen LogP contribution in [0.25, 0.3) is 0 Å². The van der Waals surface area contributed by atoms with Gasteiger partial charge in [-0.2, -0.15) is 0 Å². The summed E-state index contributed by atoms with van der Waals surface area (Å²) < 4.78 is 5.66. The molecule has 124 valence electrons. The molecule has 0 bridgehead atoms. The van der Waals surface area contributed by atoms with Crippen molar-refractivity contribution in [3.63, 3.8) is 0 Å². The Bertz CT molecular complexity index is 803. The molecule has 0 amide bonds. The number of nitrogen functional groups attached to an aromatic ring is 1. The zero-order valence-electron chi connectivity index (χ0n) is 14.0. The van der Waals surface area contributed by atoms with Crippen molar-refractivity contribution in [3.8, 4) is 17.2 Å². The van der Waals surface area contributed by atoms with Gasteiger partial charge in [0.15, 0.2) is 5.75 Å². The van der Waals surface area contributed by atoms with E-state index in [1.165, 1.54) is 6.07 Å². The summed E-state index contributed by atoms with van der Waals surface area (Å²) in [5, 5.41) is 11.3. The second kappa shape index (κ2) is 7.19. The van der Waals surface area contributed by atoms with Gasteiger partial charge in [-0.25, -0.2) is 0 Å². The summed E-state index contributed by atoms with van der Waals surface area (Å²) in [6, 6.07) is 12.4. The molecule has 0 spiro atoms. The van der Waals surface area contributed by atoms with Gasteiger partial charge in [-0.3, -0.25) is 10.1 Å². The fraction of sp³-hybridized carbons (Fsp3) is 0.222. The molecule has 0 aliphatic heterocycles. The van der Waals surface area contributed by atoms with Crippen molar-refractivity contribution in [2.75, 3.05) is 5.73 Å². The highest BCUT2D eigenvalue weighted by atomic mass is 28.3. The molecule has 2 N–H and O–H groups in total. The summed E-state index contributed by atoms with van der Waals surface area (Å²) >= 11 is 0. The second-order valence-electron chi connectivity index (χ2n) is 6.44. The molecule has 5 nitrogen and oxygen atoms in total. The molecule has 0 saturated heterocycles. The van der Waals surface area contributed by atoms with E-state index < -0.39 is 13.0 Å². The predicted molar refractivity (Wildman–Crippen MR) is 98.5 cm³/mol. The first kappa shape index (κ1) is 17.6. The summed E-state index contributed by atoms with van der Waals surface area (Å²) in [5.41, 5.74) is 10.8. The van der Waals surface area contributed by atoms with E-state index in [1.807, 2.05) is 30.3 Å². The number of nitro benzene ring substituents is 1. The number of nitro groups is 1. The topological polar surface area (TPSA) is 78.4 Å². The molecule has 0 atom stereocenters. The zero-order chi connectivity index (χ0) is 17.7. The first-order valence-electron chi connectivity index (χ1n) is 7.54. The van der Waals surface area contributed by atoms with Crippen molar-refractivity contribution in [1.82, 2.24) is 0 Å². The van der Waals surface area contributed by atoms with Crippen molar-refractivity contribution in [2.24, 2.45) is 0 Å². The molecule has 24 heavy (non-hydrogen) atoms. The Morgan fingerprint density at radius 3 is 2.46 bits per heavy atom. The number of nitrogens with zero attached hydrogens (tertiary/aromatic N) is 1. The van der Waals surface area contributed by atoms with E-state index in [0.717, 1.165) is 5.56 Å². The predicted octanol–water partition coefficient (Wildman–Crippen LogP) is 3.98. The van der Waals surface area contributed by atoms with Crippen LogP contribution >= 0.6 is 0 Å². The minimum Gasteiger partial charge on any atom is -0.482 e. The Balaban J connectivity index is 2.36. The fourth-order valence-electron chi connectivity index (χ4n) is 1.94. The van der Waals surface area contributed by atoms with Gasteiger partial charge >= 0.3 is 5.69 Å². The Morgan fingerprint density at radius 1 is 1.21 bits per heavy atom. The molecule has 2 aromatic carbocycles.